The van der Waals surface area contributed by atoms with E-state index in [1.54, 1.807) is 11.8 Å². The molecule has 0 atom stereocenters. The Morgan fingerprint density at radius 2 is 2.67 bits per heavy atom. The van der Waals surface area contributed by atoms with Crippen molar-refractivity contribution in [2.24, 2.45) is 4.99 Å². The number of thioether (sulfide) groups is 1. The van der Waals surface area contributed by atoms with Gasteiger partial charge in [-0.25, -0.2) is 0 Å². The van der Waals surface area contributed by atoms with Crippen LogP contribution in [0.25, 0.3) is 0 Å². The van der Waals surface area contributed by atoms with Crippen molar-refractivity contribution >= 4 is 18.0 Å². The molecule has 0 aliphatic carbocycles. The molecule has 0 saturated heterocycles. The average molecular weight is 138 g/mol. The van der Waals surface area contributed by atoms with Crippen LogP contribution in [0.15, 0.2) is 27.7 Å². The summed E-state index contributed by atoms with van der Waals surface area (Å²) in [4.78, 5) is 6.20. The Bertz CT molecular complexity index is 205. The summed E-state index contributed by atoms with van der Waals surface area (Å²) < 4.78 is 0. The minimum atomic E-state index is 0.787. The van der Waals surface area contributed by atoms with Crippen molar-refractivity contribution in [3.05, 3.63) is 22.7 Å². The third-order valence-electron chi connectivity index (χ3n) is 1.27. The molecule has 2 aliphatic rings. The van der Waals surface area contributed by atoms with Crippen molar-refractivity contribution < 1.29 is 0 Å². The van der Waals surface area contributed by atoms with Crippen molar-refractivity contribution in [3.8, 4) is 0 Å². The Balaban J connectivity index is 2.29. The van der Waals surface area contributed by atoms with Crippen LogP contribution in [0.2, 0.25) is 0 Å². The fourth-order valence-electron chi connectivity index (χ4n) is 0.818. The molecule has 0 aromatic heterocycles. The third-order valence-corrected chi connectivity index (χ3v) is 2.14. The Kier molecular flexibility index (Phi) is 1.09. The van der Waals surface area contributed by atoms with E-state index in [2.05, 4.69) is 15.3 Å². The summed E-state index contributed by atoms with van der Waals surface area (Å²) in [6, 6.07) is 0. The highest BCUT2D eigenvalue weighted by molar-refractivity contribution is 8.06. The summed E-state index contributed by atoms with van der Waals surface area (Å²) in [5, 5.41) is 3.35. The topological polar surface area (TPSA) is 15.6 Å². The van der Waals surface area contributed by atoms with E-state index in [4.69, 9.17) is 0 Å². The zero-order valence-electron chi connectivity index (χ0n) is 4.82. The maximum Gasteiger partial charge on any atom is 0.114 e. The van der Waals surface area contributed by atoms with Crippen LogP contribution in [0.1, 0.15) is 0 Å². The predicted molar refractivity (Wildman–Crippen MR) is 40.0 cm³/mol. The van der Waals surface area contributed by atoms with Gasteiger partial charge in [0, 0.05) is 12.4 Å². The second-order valence-electron chi connectivity index (χ2n) is 1.85. The number of allylic oxidation sites excluding steroid dienone is 1. The summed E-state index contributed by atoms with van der Waals surface area (Å²) in [7, 11) is 0. The lowest BCUT2D eigenvalue weighted by Crippen LogP contribution is -2.14. The molecule has 0 aromatic rings. The van der Waals surface area contributed by atoms with E-state index in [-0.39, 0.29) is 0 Å². The molecule has 2 aliphatic heterocycles. The number of fused-ring (bicyclic) bond motifs is 1. The SMILES string of the molecule is C1=CN2CN=CC=C2S1. The summed E-state index contributed by atoms with van der Waals surface area (Å²) in [5.41, 5.74) is 0. The lowest BCUT2D eigenvalue weighted by molar-refractivity contribution is 0.515. The van der Waals surface area contributed by atoms with E-state index in [1.807, 2.05) is 18.5 Å². The molecule has 9 heavy (non-hydrogen) atoms. The molecule has 0 bridgehead atoms. The molecule has 0 fully saturated rings. The number of rotatable bonds is 0. The van der Waals surface area contributed by atoms with E-state index >= 15 is 0 Å². The van der Waals surface area contributed by atoms with Gasteiger partial charge in [-0.05, 0) is 11.5 Å². The van der Waals surface area contributed by atoms with E-state index < -0.39 is 0 Å². The Labute approximate surface area is 58.0 Å². The van der Waals surface area contributed by atoms with Crippen LogP contribution >= 0.6 is 11.8 Å². The molecule has 0 unspecified atom stereocenters. The lowest BCUT2D eigenvalue weighted by Gasteiger charge is -2.16. The van der Waals surface area contributed by atoms with Gasteiger partial charge in [-0.1, -0.05) is 11.8 Å². The summed E-state index contributed by atoms with van der Waals surface area (Å²) >= 11 is 1.74. The van der Waals surface area contributed by atoms with E-state index in [1.165, 1.54) is 5.03 Å². The first-order chi connectivity index (χ1) is 4.47. The monoisotopic (exact) mass is 138 g/mol. The molecule has 3 heteroatoms. The Morgan fingerprint density at radius 3 is 3.56 bits per heavy atom. The lowest BCUT2D eigenvalue weighted by atomic mass is 10.5. The first-order valence-electron chi connectivity index (χ1n) is 2.77. The second kappa shape index (κ2) is 1.92. The predicted octanol–water partition coefficient (Wildman–Crippen LogP) is 1.39. The quantitative estimate of drug-likeness (QED) is 0.502. The molecule has 0 spiro atoms. The molecule has 0 amide bonds. The minimum Gasteiger partial charge on any atom is -0.322 e. The highest BCUT2D eigenvalue weighted by Gasteiger charge is 2.11. The standard InChI is InChI=1S/C6H6N2S/c1-2-7-5-8-3-4-9-6(1)8/h1-4H,5H2. The van der Waals surface area contributed by atoms with Crippen LogP contribution in [-0.4, -0.2) is 17.8 Å². The Morgan fingerprint density at radius 1 is 1.67 bits per heavy atom. The zero-order valence-corrected chi connectivity index (χ0v) is 5.64. The van der Waals surface area contributed by atoms with E-state index in [0.29, 0.717) is 0 Å². The summed E-state index contributed by atoms with van der Waals surface area (Å²) in [6.45, 7) is 0.787. The van der Waals surface area contributed by atoms with E-state index in [9.17, 15) is 0 Å². The smallest absolute Gasteiger partial charge is 0.114 e. The van der Waals surface area contributed by atoms with Gasteiger partial charge < -0.3 is 4.90 Å². The molecule has 0 aromatic carbocycles. The van der Waals surface area contributed by atoms with Crippen molar-refractivity contribution in [1.29, 1.82) is 0 Å². The fourth-order valence-corrected chi connectivity index (χ4v) is 1.56. The molecule has 2 heterocycles. The fraction of sp³-hybridized carbons (Fsp3) is 0.167. The minimum absolute atomic E-state index is 0.787. The number of hydrogen-bond acceptors (Lipinski definition) is 3. The van der Waals surface area contributed by atoms with Crippen LogP contribution in [0.4, 0.5) is 0 Å². The highest BCUT2D eigenvalue weighted by Crippen LogP contribution is 2.29. The largest absolute Gasteiger partial charge is 0.322 e. The maximum absolute atomic E-state index is 4.08. The number of hydrogen-bond donors (Lipinski definition) is 0. The summed E-state index contributed by atoms with van der Waals surface area (Å²) in [6.07, 6.45) is 5.92. The molecule has 0 radical (unpaired) electrons. The van der Waals surface area contributed by atoms with Crippen molar-refractivity contribution in [2.75, 3.05) is 6.67 Å². The second-order valence-corrected chi connectivity index (χ2v) is 2.78. The van der Waals surface area contributed by atoms with E-state index in [0.717, 1.165) is 6.67 Å². The van der Waals surface area contributed by atoms with Crippen LogP contribution < -0.4 is 0 Å². The molecular formula is C6H6N2S. The van der Waals surface area contributed by atoms with Crippen molar-refractivity contribution in [2.45, 2.75) is 0 Å². The molecule has 0 saturated carbocycles. The normalized spacial score (nSPS) is 22.2. The zero-order chi connectivity index (χ0) is 6.10. The number of nitrogens with zero attached hydrogens (tertiary/aromatic N) is 2. The molecule has 46 valence electrons. The molecular weight excluding hydrogens is 132 g/mol. The molecule has 2 rings (SSSR count). The van der Waals surface area contributed by atoms with Crippen LogP contribution in [0.5, 0.6) is 0 Å². The van der Waals surface area contributed by atoms with Gasteiger partial charge in [0.25, 0.3) is 0 Å². The van der Waals surface area contributed by atoms with Crippen molar-refractivity contribution in [3.63, 3.8) is 0 Å². The Hall–Kier alpha value is -0.700. The van der Waals surface area contributed by atoms with Gasteiger partial charge in [0.2, 0.25) is 0 Å². The third kappa shape index (κ3) is 0.772. The van der Waals surface area contributed by atoms with Gasteiger partial charge in [0.05, 0.1) is 5.03 Å². The first kappa shape index (κ1) is 5.11. The van der Waals surface area contributed by atoms with Gasteiger partial charge >= 0.3 is 0 Å². The first-order valence-corrected chi connectivity index (χ1v) is 3.65. The average Bonchev–Trinajstić information content (AvgIpc) is 2.33. The van der Waals surface area contributed by atoms with Gasteiger partial charge in [-0.3, -0.25) is 4.99 Å². The van der Waals surface area contributed by atoms with Gasteiger partial charge in [0.15, 0.2) is 0 Å². The number of aliphatic imine (C=N–C) groups is 1. The van der Waals surface area contributed by atoms with Crippen LogP contribution in [0, 0.1) is 0 Å². The maximum atomic E-state index is 4.08. The molecule has 2 nitrogen and oxygen atoms in total. The summed E-state index contributed by atoms with van der Waals surface area (Å²) in [5.74, 6) is 0. The highest BCUT2D eigenvalue weighted by atomic mass is 32.2. The molecule has 0 N–H and O–H groups in total. The van der Waals surface area contributed by atoms with Gasteiger partial charge in [-0.15, -0.1) is 0 Å². The van der Waals surface area contributed by atoms with Crippen molar-refractivity contribution in [1.82, 2.24) is 4.90 Å². The van der Waals surface area contributed by atoms with Crippen LogP contribution in [0.3, 0.4) is 0 Å². The van der Waals surface area contributed by atoms with Gasteiger partial charge in [0.1, 0.15) is 6.67 Å². The van der Waals surface area contributed by atoms with Gasteiger partial charge in [-0.2, -0.15) is 0 Å². The van der Waals surface area contributed by atoms with Crippen LogP contribution in [-0.2, 0) is 0 Å².